The summed E-state index contributed by atoms with van der Waals surface area (Å²) < 4.78 is 0. The molecular weight excluding hydrogens is 262 g/mol. The first-order chi connectivity index (χ1) is 10.2. The molecule has 0 aliphatic heterocycles. The lowest BCUT2D eigenvalue weighted by Gasteiger charge is -2.54. The first-order valence-corrected chi connectivity index (χ1v) is 9.15. The van der Waals surface area contributed by atoms with Crippen molar-refractivity contribution in [3.05, 3.63) is 0 Å². The van der Waals surface area contributed by atoms with Crippen LogP contribution in [-0.4, -0.2) is 23.7 Å². The lowest BCUT2D eigenvalue weighted by Crippen LogP contribution is -2.54. The average molecular weight is 291 g/mol. The van der Waals surface area contributed by atoms with Gasteiger partial charge in [0.1, 0.15) is 0 Å². The molecule has 1 amide bonds. The SMILES string of the molecule is O=C(N[C@H]1CCCC[C@H]1CO)C1C2CC3CC(C2)CC1C3. The van der Waals surface area contributed by atoms with Crippen LogP contribution in [0.4, 0.5) is 0 Å². The number of amides is 1. The van der Waals surface area contributed by atoms with Crippen molar-refractivity contribution in [2.24, 2.45) is 35.5 Å². The van der Waals surface area contributed by atoms with Gasteiger partial charge in [-0.15, -0.1) is 0 Å². The highest BCUT2D eigenvalue weighted by atomic mass is 16.3. The van der Waals surface area contributed by atoms with Crippen molar-refractivity contribution in [2.45, 2.75) is 63.8 Å². The van der Waals surface area contributed by atoms with Gasteiger partial charge in [0.05, 0.1) is 0 Å². The van der Waals surface area contributed by atoms with Crippen LogP contribution in [0.2, 0.25) is 0 Å². The maximum Gasteiger partial charge on any atom is 0.223 e. The molecule has 0 aromatic carbocycles. The monoisotopic (exact) mass is 291 g/mol. The van der Waals surface area contributed by atoms with E-state index in [4.69, 9.17) is 0 Å². The highest BCUT2D eigenvalue weighted by Crippen LogP contribution is 2.56. The van der Waals surface area contributed by atoms with Crippen LogP contribution in [0.1, 0.15) is 57.8 Å². The second-order valence-corrected chi connectivity index (χ2v) is 8.30. The molecule has 0 radical (unpaired) electrons. The fourth-order valence-corrected chi connectivity index (χ4v) is 6.25. The van der Waals surface area contributed by atoms with Gasteiger partial charge in [0.25, 0.3) is 0 Å². The summed E-state index contributed by atoms with van der Waals surface area (Å²) in [7, 11) is 0. The summed E-state index contributed by atoms with van der Waals surface area (Å²) in [6.45, 7) is 0.229. The second kappa shape index (κ2) is 5.57. The molecule has 0 spiro atoms. The van der Waals surface area contributed by atoms with Gasteiger partial charge in [-0.2, -0.15) is 0 Å². The Labute approximate surface area is 127 Å². The van der Waals surface area contributed by atoms with Crippen molar-refractivity contribution in [2.75, 3.05) is 6.61 Å². The van der Waals surface area contributed by atoms with Gasteiger partial charge in [0.2, 0.25) is 5.91 Å². The lowest BCUT2D eigenvalue weighted by molar-refractivity contribution is -0.139. The molecule has 0 heterocycles. The minimum Gasteiger partial charge on any atom is -0.396 e. The number of rotatable bonds is 3. The number of aliphatic hydroxyl groups is 1. The van der Waals surface area contributed by atoms with Crippen molar-refractivity contribution in [1.29, 1.82) is 0 Å². The van der Waals surface area contributed by atoms with Crippen molar-refractivity contribution in [3.63, 3.8) is 0 Å². The summed E-state index contributed by atoms with van der Waals surface area (Å²) >= 11 is 0. The molecule has 2 N–H and O–H groups in total. The molecule has 5 rings (SSSR count). The second-order valence-electron chi connectivity index (χ2n) is 8.30. The maximum absolute atomic E-state index is 12.9. The van der Waals surface area contributed by atoms with E-state index >= 15 is 0 Å². The van der Waals surface area contributed by atoms with Crippen LogP contribution < -0.4 is 5.32 Å². The standard InChI is InChI=1S/C18H29NO2/c20-10-13-3-1-2-4-16(13)19-18(21)17-14-6-11-5-12(8-14)9-15(17)7-11/h11-17,20H,1-10H2,(H,19,21)/t11?,12?,13-,14?,15?,16-,17?/m0/s1. The smallest absolute Gasteiger partial charge is 0.223 e. The summed E-state index contributed by atoms with van der Waals surface area (Å²) in [6.07, 6.45) is 11.2. The Kier molecular flexibility index (Phi) is 3.72. The van der Waals surface area contributed by atoms with Gasteiger partial charge in [-0.05, 0) is 68.6 Å². The van der Waals surface area contributed by atoms with Gasteiger partial charge in [-0.3, -0.25) is 4.79 Å². The van der Waals surface area contributed by atoms with E-state index in [-0.39, 0.29) is 12.6 Å². The first kappa shape index (κ1) is 14.0. The summed E-state index contributed by atoms with van der Waals surface area (Å²) in [4.78, 5) is 12.9. The lowest BCUT2D eigenvalue weighted by atomic mass is 9.51. The van der Waals surface area contributed by atoms with Gasteiger partial charge < -0.3 is 10.4 Å². The highest BCUT2D eigenvalue weighted by molar-refractivity contribution is 5.80. The van der Waals surface area contributed by atoms with E-state index in [1.165, 1.54) is 44.9 Å². The van der Waals surface area contributed by atoms with E-state index in [1.807, 2.05) is 0 Å². The highest BCUT2D eigenvalue weighted by Gasteiger charge is 2.51. The molecule has 5 aliphatic rings. The Hall–Kier alpha value is -0.570. The zero-order valence-corrected chi connectivity index (χ0v) is 13.0. The van der Waals surface area contributed by atoms with Crippen molar-refractivity contribution >= 4 is 5.91 Å². The number of nitrogens with one attached hydrogen (secondary N) is 1. The molecule has 0 saturated heterocycles. The van der Waals surface area contributed by atoms with Crippen molar-refractivity contribution in [3.8, 4) is 0 Å². The molecular formula is C18H29NO2. The fourth-order valence-electron chi connectivity index (χ4n) is 6.25. The predicted molar refractivity (Wildman–Crippen MR) is 81.5 cm³/mol. The molecule has 0 aromatic heterocycles. The molecule has 3 heteroatoms. The van der Waals surface area contributed by atoms with Gasteiger partial charge in [0.15, 0.2) is 0 Å². The Balaban J connectivity index is 1.43. The number of carbonyl (C=O) groups is 1. The molecule has 2 atom stereocenters. The molecule has 0 unspecified atom stereocenters. The molecule has 4 bridgehead atoms. The van der Waals surface area contributed by atoms with E-state index in [1.54, 1.807) is 0 Å². The summed E-state index contributed by atoms with van der Waals surface area (Å²) in [6, 6.07) is 0.230. The maximum atomic E-state index is 12.9. The third kappa shape index (κ3) is 2.52. The zero-order valence-electron chi connectivity index (χ0n) is 13.0. The third-order valence-electron chi connectivity index (χ3n) is 7.00. The Morgan fingerprint density at radius 1 is 0.952 bits per heavy atom. The van der Waals surface area contributed by atoms with E-state index in [0.29, 0.717) is 29.6 Å². The van der Waals surface area contributed by atoms with Crippen LogP contribution in [0.25, 0.3) is 0 Å². The normalized spacial score (nSPS) is 48.3. The summed E-state index contributed by atoms with van der Waals surface area (Å²) in [5.41, 5.74) is 0. The number of hydrogen-bond donors (Lipinski definition) is 2. The van der Waals surface area contributed by atoms with Crippen LogP contribution in [-0.2, 0) is 4.79 Å². The van der Waals surface area contributed by atoms with Crippen molar-refractivity contribution < 1.29 is 9.90 Å². The van der Waals surface area contributed by atoms with E-state index in [0.717, 1.165) is 24.7 Å². The molecule has 5 saturated carbocycles. The zero-order chi connectivity index (χ0) is 14.4. The predicted octanol–water partition coefficient (Wildman–Crippen LogP) is 2.73. The molecule has 21 heavy (non-hydrogen) atoms. The van der Waals surface area contributed by atoms with Crippen LogP contribution in [0.5, 0.6) is 0 Å². The molecule has 0 aromatic rings. The summed E-state index contributed by atoms with van der Waals surface area (Å²) in [5, 5.41) is 12.9. The number of carbonyl (C=O) groups excluding carboxylic acids is 1. The average Bonchev–Trinajstić information content (AvgIpc) is 2.46. The third-order valence-corrected chi connectivity index (χ3v) is 7.00. The topological polar surface area (TPSA) is 49.3 Å². The minimum atomic E-state index is 0.229. The summed E-state index contributed by atoms with van der Waals surface area (Å²) in [5.74, 6) is 4.09. The first-order valence-electron chi connectivity index (χ1n) is 9.15. The van der Waals surface area contributed by atoms with E-state index < -0.39 is 0 Å². The molecule has 5 fully saturated rings. The van der Waals surface area contributed by atoms with Crippen LogP contribution in [0.3, 0.4) is 0 Å². The molecule has 5 aliphatic carbocycles. The van der Waals surface area contributed by atoms with Crippen molar-refractivity contribution in [1.82, 2.24) is 5.32 Å². The van der Waals surface area contributed by atoms with E-state index in [9.17, 15) is 9.90 Å². The van der Waals surface area contributed by atoms with Gasteiger partial charge in [-0.25, -0.2) is 0 Å². The molecule has 3 nitrogen and oxygen atoms in total. The van der Waals surface area contributed by atoms with Crippen LogP contribution in [0, 0.1) is 35.5 Å². The van der Waals surface area contributed by atoms with Gasteiger partial charge in [0, 0.05) is 24.5 Å². The Morgan fingerprint density at radius 3 is 2.19 bits per heavy atom. The van der Waals surface area contributed by atoms with Gasteiger partial charge in [-0.1, -0.05) is 12.8 Å². The Bertz CT molecular complexity index is 380. The fraction of sp³-hybridized carbons (Fsp3) is 0.944. The van der Waals surface area contributed by atoms with Gasteiger partial charge >= 0.3 is 0 Å². The number of hydrogen-bond acceptors (Lipinski definition) is 2. The molecule has 118 valence electrons. The minimum absolute atomic E-state index is 0.229. The van der Waals surface area contributed by atoms with Crippen LogP contribution in [0.15, 0.2) is 0 Å². The van der Waals surface area contributed by atoms with Crippen LogP contribution >= 0.6 is 0 Å². The quantitative estimate of drug-likeness (QED) is 0.840. The largest absolute Gasteiger partial charge is 0.396 e. The Morgan fingerprint density at radius 2 is 1.57 bits per heavy atom. The number of aliphatic hydroxyl groups excluding tert-OH is 1. The van der Waals surface area contributed by atoms with E-state index in [2.05, 4.69) is 5.32 Å².